The summed E-state index contributed by atoms with van der Waals surface area (Å²) in [6, 6.07) is 6.60. The van der Waals surface area contributed by atoms with Gasteiger partial charge in [-0.1, -0.05) is 19.1 Å². The molecule has 1 aromatic heterocycles. The highest BCUT2D eigenvalue weighted by molar-refractivity contribution is 5.78. The van der Waals surface area contributed by atoms with E-state index in [0.29, 0.717) is 11.3 Å². The van der Waals surface area contributed by atoms with Crippen molar-refractivity contribution in [1.29, 1.82) is 0 Å². The predicted octanol–water partition coefficient (Wildman–Crippen LogP) is 2.49. The fourth-order valence-corrected chi connectivity index (χ4v) is 1.62. The highest BCUT2D eigenvalue weighted by Crippen LogP contribution is 2.26. The predicted molar refractivity (Wildman–Crippen MR) is 56.5 cm³/mol. The second-order valence-electron chi connectivity index (χ2n) is 3.43. The zero-order valence-electron chi connectivity index (χ0n) is 8.46. The molecule has 0 amide bonds. The quantitative estimate of drug-likeness (QED) is 0.601. The average molecular weight is 208 g/mol. The van der Waals surface area contributed by atoms with Crippen LogP contribution < -0.4 is 11.3 Å². The Kier molecular flexibility index (Phi) is 2.70. The van der Waals surface area contributed by atoms with Crippen molar-refractivity contribution < 1.29 is 8.81 Å². The molecule has 0 aliphatic rings. The van der Waals surface area contributed by atoms with E-state index in [0.717, 1.165) is 11.8 Å². The molecule has 0 bridgehead atoms. The average Bonchev–Trinajstić information content (AvgIpc) is 2.65. The number of hydrazine groups is 1. The van der Waals surface area contributed by atoms with E-state index in [-0.39, 0.29) is 11.9 Å². The highest BCUT2D eigenvalue weighted by Gasteiger charge is 2.14. The molecule has 0 spiro atoms. The van der Waals surface area contributed by atoms with E-state index in [9.17, 15) is 4.39 Å². The van der Waals surface area contributed by atoms with E-state index in [2.05, 4.69) is 5.43 Å². The van der Waals surface area contributed by atoms with Crippen LogP contribution in [0.1, 0.15) is 25.1 Å². The summed E-state index contributed by atoms with van der Waals surface area (Å²) in [5.74, 6) is 5.70. The molecular formula is C11H13FN2O. The molecular weight excluding hydrogens is 195 g/mol. The van der Waals surface area contributed by atoms with Gasteiger partial charge in [0.15, 0.2) is 11.4 Å². The molecule has 3 N–H and O–H groups in total. The molecule has 1 heterocycles. The topological polar surface area (TPSA) is 51.2 Å². The molecule has 1 unspecified atom stereocenters. The van der Waals surface area contributed by atoms with Gasteiger partial charge in [0.2, 0.25) is 0 Å². The summed E-state index contributed by atoms with van der Waals surface area (Å²) >= 11 is 0. The molecule has 15 heavy (non-hydrogen) atoms. The van der Waals surface area contributed by atoms with Crippen molar-refractivity contribution in [1.82, 2.24) is 5.43 Å². The van der Waals surface area contributed by atoms with Gasteiger partial charge in [-0.15, -0.1) is 0 Å². The molecule has 0 aliphatic heterocycles. The maximum atomic E-state index is 13.3. The van der Waals surface area contributed by atoms with E-state index in [1.807, 2.05) is 19.1 Å². The van der Waals surface area contributed by atoms with Crippen molar-refractivity contribution in [3.8, 4) is 0 Å². The molecule has 3 nitrogen and oxygen atoms in total. The van der Waals surface area contributed by atoms with E-state index >= 15 is 0 Å². The molecule has 1 atom stereocenters. The maximum Gasteiger partial charge on any atom is 0.169 e. The summed E-state index contributed by atoms with van der Waals surface area (Å²) in [6.07, 6.45) is 0.790. The van der Waals surface area contributed by atoms with Crippen LogP contribution in [-0.4, -0.2) is 0 Å². The Balaban J connectivity index is 2.51. The summed E-state index contributed by atoms with van der Waals surface area (Å²) < 4.78 is 18.8. The number of nitrogens with two attached hydrogens (primary N) is 1. The highest BCUT2D eigenvalue weighted by atomic mass is 19.1. The lowest BCUT2D eigenvalue weighted by Gasteiger charge is -2.08. The molecule has 0 radical (unpaired) electrons. The van der Waals surface area contributed by atoms with Crippen LogP contribution in [0.2, 0.25) is 0 Å². The third-order valence-electron chi connectivity index (χ3n) is 2.47. The van der Waals surface area contributed by atoms with E-state index in [4.69, 9.17) is 10.3 Å². The van der Waals surface area contributed by atoms with Gasteiger partial charge in [0.05, 0.1) is 6.04 Å². The number of halogens is 1. The van der Waals surface area contributed by atoms with E-state index < -0.39 is 0 Å². The molecule has 80 valence electrons. The molecule has 1 aromatic carbocycles. The van der Waals surface area contributed by atoms with Crippen LogP contribution in [-0.2, 0) is 0 Å². The first-order valence-corrected chi connectivity index (χ1v) is 4.90. The number of hydrogen-bond acceptors (Lipinski definition) is 3. The van der Waals surface area contributed by atoms with Crippen LogP contribution in [0, 0.1) is 5.82 Å². The number of furan rings is 1. The van der Waals surface area contributed by atoms with Crippen molar-refractivity contribution in [2.75, 3.05) is 0 Å². The number of benzene rings is 1. The van der Waals surface area contributed by atoms with Gasteiger partial charge in [-0.2, -0.15) is 0 Å². The molecule has 0 fully saturated rings. The van der Waals surface area contributed by atoms with Gasteiger partial charge in [-0.3, -0.25) is 5.84 Å². The molecule has 4 heteroatoms. The van der Waals surface area contributed by atoms with Crippen LogP contribution in [0.25, 0.3) is 11.0 Å². The fraction of sp³-hybridized carbons (Fsp3) is 0.273. The lowest BCUT2D eigenvalue weighted by molar-refractivity contribution is 0.421. The van der Waals surface area contributed by atoms with Crippen LogP contribution in [0.5, 0.6) is 0 Å². The Bertz CT molecular complexity index is 463. The summed E-state index contributed by atoms with van der Waals surface area (Å²) in [4.78, 5) is 0. The van der Waals surface area contributed by atoms with Gasteiger partial charge in [-0.05, 0) is 18.6 Å². The minimum absolute atomic E-state index is 0.0724. The van der Waals surface area contributed by atoms with Gasteiger partial charge in [0, 0.05) is 5.39 Å². The van der Waals surface area contributed by atoms with Crippen molar-refractivity contribution in [3.05, 3.63) is 35.8 Å². The lowest BCUT2D eigenvalue weighted by atomic mass is 10.1. The smallest absolute Gasteiger partial charge is 0.169 e. The summed E-state index contributed by atoms with van der Waals surface area (Å²) in [5.41, 5.74) is 2.93. The third-order valence-corrected chi connectivity index (χ3v) is 2.47. The first-order chi connectivity index (χ1) is 7.26. The Morgan fingerprint density at radius 3 is 2.93 bits per heavy atom. The van der Waals surface area contributed by atoms with Crippen LogP contribution in [0.3, 0.4) is 0 Å². The number of para-hydroxylation sites is 1. The van der Waals surface area contributed by atoms with Crippen LogP contribution >= 0.6 is 0 Å². The number of hydrogen-bond donors (Lipinski definition) is 2. The minimum Gasteiger partial charge on any atom is -0.456 e. The molecule has 2 rings (SSSR count). The Morgan fingerprint density at radius 2 is 2.33 bits per heavy atom. The van der Waals surface area contributed by atoms with E-state index in [1.54, 1.807) is 6.07 Å². The van der Waals surface area contributed by atoms with Crippen molar-refractivity contribution in [3.63, 3.8) is 0 Å². The molecule has 0 saturated carbocycles. The zero-order chi connectivity index (χ0) is 10.8. The largest absolute Gasteiger partial charge is 0.456 e. The zero-order valence-corrected chi connectivity index (χ0v) is 8.46. The third kappa shape index (κ3) is 1.73. The van der Waals surface area contributed by atoms with Crippen LogP contribution in [0.4, 0.5) is 4.39 Å². The molecule has 0 aliphatic carbocycles. The van der Waals surface area contributed by atoms with Gasteiger partial charge in [-0.25, -0.2) is 9.82 Å². The summed E-state index contributed by atoms with van der Waals surface area (Å²) in [6.45, 7) is 1.98. The first-order valence-electron chi connectivity index (χ1n) is 4.90. The van der Waals surface area contributed by atoms with Crippen molar-refractivity contribution in [2.24, 2.45) is 5.84 Å². The SMILES string of the molecule is CCC(NN)c1cc2cccc(F)c2o1. The van der Waals surface area contributed by atoms with Crippen LogP contribution in [0.15, 0.2) is 28.7 Å². The monoisotopic (exact) mass is 208 g/mol. The summed E-state index contributed by atoms with van der Waals surface area (Å²) in [5, 5.41) is 0.763. The number of nitrogens with one attached hydrogen (secondary N) is 1. The second-order valence-corrected chi connectivity index (χ2v) is 3.43. The van der Waals surface area contributed by atoms with Gasteiger partial charge in [0.1, 0.15) is 5.76 Å². The number of fused-ring (bicyclic) bond motifs is 1. The number of rotatable bonds is 3. The maximum absolute atomic E-state index is 13.3. The Labute approximate surface area is 87.0 Å². The second kappa shape index (κ2) is 4.00. The standard InChI is InChI=1S/C11H13FN2O/c1-2-9(14-13)10-6-7-4-3-5-8(12)11(7)15-10/h3-6,9,14H,2,13H2,1H3. The first kappa shape index (κ1) is 10.1. The summed E-state index contributed by atoms with van der Waals surface area (Å²) in [7, 11) is 0. The molecule has 0 saturated heterocycles. The van der Waals surface area contributed by atoms with Crippen molar-refractivity contribution in [2.45, 2.75) is 19.4 Å². The van der Waals surface area contributed by atoms with Crippen molar-refractivity contribution >= 4 is 11.0 Å². The normalized spacial score (nSPS) is 13.3. The van der Waals surface area contributed by atoms with Gasteiger partial charge in [0.25, 0.3) is 0 Å². The fourth-order valence-electron chi connectivity index (χ4n) is 1.62. The lowest BCUT2D eigenvalue weighted by Crippen LogP contribution is -2.26. The van der Waals surface area contributed by atoms with E-state index in [1.165, 1.54) is 6.07 Å². The van der Waals surface area contributed by atoms with Gasteiger partial charge < -0.3 is 4.42 Å². The minimum atomic E-state index is -0.342. The Hall–Kier alpha value is -1.39. The Morgan fingerprint density at radius 1 is 1.53 bits per heavy atom. The molecule has 2 aromatic rings. The van der Waals surface area contributed by atoms with Gasteiger partial charge >= 0.3 is 0 Å².